The van der Waals surface area contributed by atoms with Gasteiger partial charge in [-0.1, -0.05) is 0 Å². The number of benzene rings is 3. The number of phenolic OH excluding ortho intramolecular Hbond substituents is 1. The molecule has 3 aromatic carbocycles. The number of hydrogen-bond acceptors (Lipinski definition) is 6. The van der Waals surface area contributed by atoms with Crippen LogP contribution in [0.5, 0.6) is 11.5 Å². The molecular weight excluding hydrogens is 546 g/mol. The number of fused-ring (bicyclic) bond motifs is 6. The second kappa shape index (κ2) is 9.74. The van der Waals surface area contributed by atoms with Gasteiger partial charge in [0.15, 0.2) is 0 Å². The average Bonchev–Trinajstić information content (AvgIpc) is 2.80. The first-order valence-corrected chi connectivity index (χ1v) is 11.9. The molecule has 0 saturated carbocycles. The highest BCUT2D eigenvalue weighted by atomic mass is 79.9. The molecule has 35 heavy (non-hydrogen) atoms. The van der Waals surface area contributed by atoms with Crippen molar-refractivity contribution in [3.05, 3.63) is 69.7 Å². The Bertz CT molecular complexity index is 1350. The summed E-state index contributed by atoms with van der Waals surface area (Å²) in [4.78, 5) is 26.3. The van der Waals surface area contributed by atoms with Gasteiger partial charge in [-0.15, -0.1) is 0 Å². The molecular formula is C24H19BrF2N2O5S. The van der Waals surface area contributed by atoms with Crippen LogP contribution in [0.1, 0.15) is 27.6 Å². The van der Waals surface area contributed by atoms with Crippen molar-refractivity contribution in [2.75, 3.05) is 18.3 Å². The molecule has 3 aromatic rings. The molecule has 0 radical (unpaired) electrons. The Labute approximate surface area is 212 Å². The van der Waals surface area contributed by atoms with Gasteiger partial charge < -0.3 is 24.6 Å². The standard InChI is InChI=1S/C24H19BrF2N2O5S/c1-11-10-29(2)23(31)13-6-16(25)22(30)21(7-13)35-28-19-8-14(17(26)9-18(19)27)15-5-12(24(32)33)3-4-20(15)34-11/h3-9,11,28,30H,10H2,1-2H3,(H,32,33). The van der Waals surface area contributed by atoms with E-state index >= 15 is 0 Å². The number of phenols is 1. The summed E-state index contributed by atoms with van der Waals surface area (Å²) in [5.41, 5.74) is 0.0693. The molecule has 0 spiro atoms. The quantitative estimate of drug-likeness (QED) is 0.322. The van der Waals surface area contributed by atoms with Crippen LogP contribution in [0.15, 0.2) is 51.8 Å². The number of halogens is 3. The first-order chi connectivity index (χ1) is 16.5. The van der Waals surface area contributed by atoms with Crippen LogP contribution in [0.3, 0.4) is 0 Å². The van der Waals surface area contributed by atoms with E-state index in [0.29, 0.717) is 6.07 Å². The van der Waals surface area contributed by atoms with Crippen molar-refractivity contribution in [2.45, 2.75) is 17.9 Å². The largest absolute Gasteiger partial charge is 0.506 e. The van der Waals surface area contributed by atoms with Gasteiger partial charge in [0.05, 0.1) is 27.2 Å². The smallest absolute Gasteiger partial charge is 0.335 e. The lowest BCUT2D eigenvalue weighted by molar-refractivity contribution is 0.0693. The number of nitrogens with zero attached hydrogens (tertiary/aromatic N) is 1. The minimum Gasteiger partial charge on any atom is -0.506 e. The van der Waals surface area contributed by atoms with E-state index in [-0.39, 0.29) is 61.3 Å². The van der Waals surface area contributed by atoms with Crippen molar-refractivity contribution in [3.8, 4) is 22.6 Å². The number of likely N-dealkylation sites (N-methyl/N-ethyl adjacent to an activating group) is 1. The number of hydrogen-bond donors (Lipinski definition) is 3. The SMILES string of the molecule is CC1CN(C)C(=O)c2cc(Br)c(O)c(c2)SNc2cc(c(F)cc2F)-c2cc(C(=O)O)ccc2O1. The molecule has 1 heterocycles. The molecule has 11 heteroatoms. The second-order valence-corrected chi connectivity index (χ2v) is 9.65. The van der Waals surface area contributed by atoms with Crippen molar-refractivity contribution in [3.63, 3.8) is 0 Å². The van der Waals surface area contributed by atoms with E-state index in [1.165, 1.54) is 41.3 Å². The highest BCUT2D eigenvalue weighted by Crippen LogP contribution is 2.40. The molecule has 4 rings (SSSR count). The number of carbonyl (C=O) groups is 2. The summed E-state index contributed by atoms with van der Waals surface area (Å²) < 4.78 is 38.6. The van der Waals surface area contributed by atoms with Gasteiger partial charge in [0.25, 0.3) is 5.91 Å². The summed E-state index contributed by atoms with van der Waals surface area (Å²) in [7, 11) is 1.58. The second-order valence-electron chi connectivity index (χ2n) is 7.95. The van der Waals surface area contributed by atoms with Crippen LogP contribution in [0.2, 0.25) is 0 Å². The Kier molecular flexibility index (Phi) is 6.91. The fourth-order valence-corrected chi connectivity index (χ4v) is 5.00. The Morgan fingerprint density at radius 1 is 1.17 bits per heavy atom. The lowest BCUT2D eigenvalue weighted by Gasteiger charge is -2.24. The highest BCUT2D eigenvalue weighted by Gasteiger charge is 2.23. The number of carbonyl (C=O) groups excluding carboxylic acids is 1. The third-order valence-corrected chi connectivity index (χ3v) is 6.78. The van der Waals surface area contributed by atoms with Gasteiger partial charge in [0.1, 0.15) is 29.2 Å². The monoisotopic (exact) mass is 564 g/mol. The van der Waals surface area contributed by atoms with Crippen molar-refractivity contribution in [2.24, 2.45) is 0 Å². The lowest BCUT2D eigenvalue weighted by atomic mass is 10.0. The Balaban J connectivity index is 1.90. The zero-order valence-corrected chi connectivity index (χ0v) is 20.8. The molecule has 0 fully saturated rings. The third kappa shape index (κ3) is 5.06. The topological polar surface area (TPSA) is 99.1 Å². The van der Waals surface area contributed by atoms with Gasteiger partial charge in [-0.05, 0) is 71.2 Å². The van der Waals surface area contributed by atoms with E-state index in [9.17, 15) is 28.6 Å². The molecule has 1 unspecified atom stereocenters. The van der Waals surface area contributed by atoms with E-state index in [4.69, 9.17) is 4.74 Å². The van der Waals surface area contributed by atoms with Crippen molar-refractivity contribution < 1.29 is 33.3 Å². The molecule has 1 atom stereocenters. The summed E-state index contributed by atoms with van der Waals surface area (Å²) in [6, 6.07) is 8.77. The number of anilines is 1. The molecule has 1 aliphatic rings. The summed E-state index contributed by atoms with van der Waals surface area (Å²) in [6.45, 7) is 1.86. The minimum absolute atomic E-state index is 0.0849. The zero-order chi connectivity index (χ0) is 25.4. The number of carboxylic acids is 1. The van der Waals surface area contributed by atoms with Crippen LogP contribution in [0, 0.1) is 11.6 Å². The number of ether oxygens (including phenoxy) is 1. The molecule has 3 N–H and O–H groups in total. The van der Waals surface area contributed by atoms with E-state index in [2.05, 4.69) is 20.7 Å². The average molecular weight is 565 g/mol. The van der Waals surface area contributed by atoms with Crippen molar-refractivity contribution in [1.82, 2.24) is 4.90 Å². The molecule has 0 aromatic heterocycles. The lowest BCUT2D eigenvalue weighted by Crippen LogP contribution is -2.35. The van der Waals surface area contributed by atoms with Gasteiger partial charge >= 0.3 is 5.97 Å². The minimum atomic E-state index is -1.22. The first kappa shape index (κ1) is 24.8. The van der Waals surface area contributed by atoms with Crippen LogP contribution in [0.4, 0.5) is 14.5 Å². The number of aromatic hydroxyl groups is 1. The number of carboxylic acid groups (broad SMARTS) is 1. The summed E-state index contributed by atoms with van der Waals surface area (Å²) in [5, 5.41) is 19.9. The maximum atomic E-state index is 14.9. The number of rotatable bonds is 1. The maximum Gasteiger partial charge on any atom is 0.335 e. The molecule has 0 aliphatic carbocycles. The number of aromatic carboxylic acids is 1. The van der Waals surface area contributed by atoms with E-state index in [0.717, 1.165) is 11.9 Å². The molecule has 7 nitrogen and oxygen atoms in total. The third-order valence-electron chi connectivity index (χ3n) is 5.33. The Morgan fingerprint density at radius 3 is 2.63 bits per heavy atom. The summed E-state index contributed by atoms with van der Waals surface area (Å²) in [6.07, 6.45) is -0.570. The zero-order valence-electron chi connectivity index (χ0n) is 18.4. The van der Waals surface area contributed by atoms with Gasteiger partial charge in [0, 0.05) is 29.8 Å². The predicted octanol–water partition coefficient (Wildman–Crippen LogP) is 5.77. The molecule has 182 valence electrons. The fourth-order valence-electron chi connectivity index (χ4n) is 3.64. The van der Waals surface area contributed by atoms with Gasteiger partial charge in [-0.2, -0.15) is 0 Å². The predicted molar refractivity (Wildman–Crippen MR) is 131 cm³/mol. The number of nitrogens with one attached hydrogen (secondary N) is 1. The molecule has 1 aliphatic heterocycles. The van der Waals surface area contributed by atoms with Crippen LogP contribution >= 0.6 is 27.9 Å². The molecule has 1 amide bonds. The summed E-state index contributed by atoms with van der Waals surface area (Å²) >= 11 is 4.06. The van der Waals surface area contributed by atoms with E-state index < -0.39 is 23.7 Å². The van der Waals surface area contributed by atoms with E-state index in [1.54, 1.807) is 14.0 Å². The fraction of sp³-hybridized carbons (Fsp3) is 0.167. The Morgan fingerprint density at radius 2 is 1.91 bits per heavy atom. The van der Waals surface area contributed by atoms with Crippen LogP contribution in [-0.2, 0) is 0 Å². The van der Waals surface area contributed by atoms with Gasteiger partial charge in [-0.25, -0.2) is 13.6 Å². The number of amides is 1. The molecule has 4 bridgehead atoms. The van der Waals surface area contributed by atoms with Gasteiger partial charge in [-0.3, -0.25) is 4.79 Å². The Hall–Kier alpha value is -3.31. The van der Waals surface area contributed by atoms with Gasteiger partial charge in [0.2, 0.25) is 0 Å². The van der Waals surface area contributed by atoms with E-state index in [1.807, 2.05) is 0 Å². The highest BCUT2D eigenvalue weighted by molar-refractivity contribution is 9.10. The van der Waals surface area contributed by atoms with Crippen molar-refractivity contribution in [1.29, 1.82) is 0 Å². The van der Waals surface area contributed by atoms with Crippen LogP contribution in [0.25, 0.3) is 11.1 Å². The van der Waals surface area contributed by atoms with Crippen molar-refractivity contribution >= 4 is 45.4 Å². The normalized spacial score (nSPS) is 15.9. The summed E-state index contributed by atoms with van der Waals surface area (Å²) in [5.74, 6) is -3.39. The molecule has 0 saturated heterocycles. The first-order valence-electron chi connectivity index (χ1n) is 10.3. The van der Waals surface area contributed by atoms with Crippen LogP contribution < -0.4 is 9.46 Å². The maximum absolute atomic E-state index is 14.9. The van der Waals surface area contributed by atoms with Crippen LogP contribution in [-0.4, -0.2) is 46.7 Å².